The first kappa shape index (κ1) is 22.7. The summed E-state index contributed by atoms with van der Waals surface area (Å²) in [6.07, 6.45) is 2.77. The number of benzene rings is 3. The van der Waals surface area contributed by atoms with Crippen LogP contribution in [0.1, 0.15) is 35.2 Å². The van der Waals surface area contributed by atoms with Gasteiger partial charge >= 0.3 is 0 Å². The molecule has 8 heteroatoms. The van der Waals surface area contributed by atoms with Gasteiger partial charge < -0.3 is 5.32 Å². The van der Waals surface area contributed by atoms with Crippen molar-refractivity contribution in [1.82, 2.24) is 9.29 Å². The number of hydrogen-bond acceptors (Lipinski definition) is 5. The van der Waals surface area contributed by atoms with E-state index in [2.05, 4.69) is 5.32 Å². The molecule has 34 heavy (non-hydrogen) atoms. The predicted molar refractivity (Wildman–Crippen MR) is 137 cm³/mol. The van der Waals surface area contributed by atoms with Gasteiger partial charge in [0.1, 0.15) is 5.01 Å². The van der Waals surface area contributed by atoms with E-state index in [0.29, 0.717) is 29.9 Å². The molecule has 4 aromatic rings. The Balaban J connectivity index is 1.45. The van der Waals surface area contributed by atoms with Crippen molar-refractivity contribution in [1.29, 1.82) is 0 Å². The Labute approximate surface area is 203 Å². The van der Waals surface area contributed by atoms with E-state index >= 15 is 0 Å². The van der Waals surface area contributed by atoms with E-state index in [4.69, 9.17) is 4.98 Å². The van der Waals surface area contributed by atoms with Crippen LogP contribution in [0.5, 0.6) is 0 Å². The molecule has 5 rings (SSSR count). The number of thiazole rings is 1. The topological polar surface area (TPSA) is 79.4 Å². The number of piperidine rings is 1. The van der Waals surface area contributed by atoms with Gasteiger partial charge in [0, 0.05) is 24.2 Å². The predicted octanol–water partition coefficient (Wildman–Crippen LogP) is 5.70. The standard InChI is InChI=1S/C26H25N3O3S2/c1-18-13-14-19(17-24(18)34(31,32)29-15-7-2-8-16-29)25(30)27-21-10-4-3-9-20(21)26-28-22-11-5-6-12-23(22)33-26/h3-6,9-14,17H,2,7-8,15-16H2,1H3,(H,27,30). The smallest absolute Gasteiger partial charge is 0.255 e. The third-order valence-corrected chi connectivity index (χ3v) is 9.19. The number of nitrogens with one attached hydrogen (secondary N) is 1. The van der Waals surface area contributed by atoms with Crippen molar-refractivity contribution in [2.24, 2.45) is 0 Å². The summed E-state index contributed by atoms with van der Waals surface area (Å²) in [4.78, 5) is 18.1. The Morgan fingerprint density at radius 2 is 1.71 bits per heavy atom. The van der Waals surface area contributed by atoms with Gasteiger partial charge in [-0.1, -0.05) is 36.8 Å². The number of aryl methyl sites for hydroxylation is 1. The molecule has 3 aromatic carbocycles. The molecule has 0 atom stereocenters. The van der Waals surface area contributed by atoms with E-state index in [1.807, 2.05) is 48.5 Å². The molecule has 0 unspecified atom stereocenters. The molecule has 2 heterocycles. The quantitative estimate of drug-likeness (QED) is 0.388. The van der Waals surface area contributed by atoms with Crippen LogP contribution < -0.4 is 5.32 Å². The van der Waals surface area contributed by atoms with E-state index in [0.717, 1.165) is 40.1 Å². The monoisotopic (exact) mass is 491 g/mol. The highest BCUT2D eigenvalue weighted by atomic mass is 32.2. The molecule has 1 fully saturated rings. The number of hydrogen-bond donors (Lipinski definition) is 1. The number of rotatable bonds is 5. The molecule has 0 radical (unpaired) electrons. The van der Waals surface area contributed by atoms with Crippen molar-refractivity contribution in [2.75, 3.05) is 18.4 Å². The molecule has 1 amide bonds. The Morgan fingerprint density at radius 3 is 2.50 bits per heavy atom. The minimum atomic E-state index is -3.64. The average Bonchev–Trinajstić information content (AvgIpc) is 3.29. The molecular weight excluding hydrogens is 466 g/mol. The summed E-state index contributed by atoms with van der Waals surface area (Å²) in [6.45, 7) is 2.81. The summed E-state index contributed by atoms with van der Waals surface area (Å²) in [5.74, 6) is -0.358. The molecule has 0 spiro atoms. The number of sulfonamides is 1. The fraction of sp³-hybridized carbons (Fsp3) is 0.231. The van der Waals surface area contributed by atoms with Gasteiger partial charge in [-0.25, -0.2) is 13.4 Å². The van der Waals surface area contributed by atoms with Crippen LogP contribution in [0.25, 0.3) is 20.8 Å². The summed E-state index contributed by atoms with van der Waals surface area (Å²) in [6, 6.07) is 20.3. The molecule has 1 saturated heterocycles. The molecule has 1 aromatic heterocycles. The lowest BCUT2D eigenvalue weighted by atomic mass is 10.1. The fourth-order valence-electron chi connectivity index (χ4n) is 4.22. The highest BCUT2D eigenvalue weighted by Crippen LogP contribution is 2.34. The lowest BCUT2D eigenvalue weighted by Gasteiger charge is -2.26. The Hall–Kier alpha value is -3.07. The molecule has 1 aliphatic heterocycles. The Morgan fingerprint density at radius 1 is 0.971 bits per heavy atom. The van der Waals surface area contributed by atoms with Crippen LogP contribution in [0.4, 0.5) is 5.69 Å². The average molecular weight is 492 g/mol. The normalized spacial score (nSPS) is 14.9. The largest absolute Gasteiger partial charge is 0.321 e. The number of carbonyl (C=O) groups is 1. The summed E-state index contributed by atoms with van der Waals surface area (Å²) in [5, 5.41) is 3.78. The van der Waals surface area contributed by atoms with Gasteiger partial charge in [0.15, 0.2) is 0 Å². The molecule has 1 N–H and O–H groups in total. The van der Waals surface area contributed by atoms with E-state index in [1.165, 1.54) is 10.4 Å². The van der Waals surface area contributed by atoms with Crippen LogP contribution in [0.3, 0.4) is 0 Å². The van der Waals surface area contributed by atoms with Crippen molar-refractivity contribution in [3.8, 4) is 10.6 Å². The van der Waals surface area contributed by atoms with Crippen molar-refractivity contribution < 1.29 is 13.2 Å². The number of aromatic nitrogens is 1. The first-order valence-electron chi connectivity index (χ1n) is 11.3. The second kappa shape index (κ2) is 9.29. The second-order valence-corrected chi connectivity index (χ2v) is 11.4. The summed E-state index contributed by atoms with van der Waals surface area (Å²) in [7, 11) is -3.64. The van der Waals surface area contributed by atoms with Gasteiger partial charge in [-0.3, -0.25) is 4.79 Å². The highest BCUT2D eigenvalue weighted by Gasteiger charge is 2.28. The summed E-state index contributed by atoms with van der Waals surface area (Å²) in [5.41, 5.74) is 3.31. The third kappa shape index (κ3) is 4.36. The second-order valence-electron chi connectivity index (χ2n) is 8.43. The van der Waals surface area contributed by atoms with Gasteiger partial charge in [-0.2, -0.15) is 4.31 Å². The molecular formula is C26H25N3O3S2. The van der Waals surface area contributed by atoms with E-state index in [1.54, 1.807) is 30.4 Å². The minimum Gasteiger partial charge on any atom is -0.321 e. The van der Waals surface area contributed by atoms with E-state index < -0.39 is 10.0 Å². The minimum absolute atomic E-state index is 0.196. The molecule has 0 aliphatic carbocycles. The van der Waals surface area contributed by atoms with Crippen LogP contribution in [0, 0.1) is 6.92 Å². The first-order valence-corrected chi connectivity index (χ1v) is 13.6. The molecule has 174 valence electrons. The third-order valence-electron chi connectivity index (χ3n) is 6.08. The number of amides is 1. The van der Waals surface area contributed by atoms with Gasteiger partial charge in [0.2, 0.25) is 10.0 Å². The zero-order chi connectivity index (χ0) is 23.7. The van der Waals surface area contributed by atoms with Crippen LogP contribution in [0.15, 0.2) is 71.6 Å². The Bertz CT molecular complexity index is 1440. The number of para-hydroxylation sites is 2. The number of nitrogens with zero attached hydrogens (tertiary/aromatic N) is 2. The van der Waals surface area contributed by atoms with Gasteiger partial charge in [-0.05, 0) is 61.7 Å². The van der Waals surface area contributed by atoms with Crippen molar-refractivity contribution in [3.05, 3.63) is 77.9 Å². The zero-order valence-corrected chi connectivity index (χ0v) is 20.5. The SMILES string of the molecule is Cc1ccc(C(=O)Nc2ccccc2-c2nc3ccccc3s2)cc1S(=O)(=O)N1CCCCC1. The van der Waals surface area contributed by atoms with E-state index in [-0.39, 0.29) is 10.8 Å². The van der Waals surface area contributed by atoms with Crippen LogP contribution >= 0.6 is 11.3 Å². The van der Waals surface area contributed by atoms with Gasteiger partial charge in [-0.15, -0.1) is 11.3 Å². The van der Waals surface area contributed by atoms with Crippen molar-refractivity contribution >= 4 is 43.2 Å². The molecule has 1 aliphatic rings. The van der Waals surface area contributed by atoms with Crippen molar-refractivity contribution in [3.63, 3.8) is 0 Å². The maximum absolute atomic E-state index is 13.3. The number of fused-ring (bicyclic) bond motifs is 1. The van der Waals surface area contributed by atoms with Gasteiger partial charge in [0.25, 0.3) is 5.91 Å². The number of carbonyl (C=O) groups excluding carboxylic acids is 1. The lowest BCUT2D eigenvalue weighted by molar-refractivity contribution is 0.102. The first-order chi connectivity index (χ1) is 16.4. The number of anilines is 1. The van der Waals surface area contributed by atoms with Gasteiger partial charge in [0.05, 0.1) is 20.8 Å². The summed E-state index contributed by atoms with van der Waals surface area (Å²) >= 11 is 1.56. The van der Waals surface area contributed by atoms with Crippen LogP contribution in [-0.4, -0.2) is 36.7 Å². The Kier molecular flexibility index (Phi) is 6.20. The fourth-order valence-corrected chi connectivity index (χ4v) is 7.00. The van der Waals surface area contributed by atoms with Crippen LogP contribution in [-0.2, 0) is 10.0 Å². The molecule has 6 nitrogen and oxygen atoms in total. The maximum Gasteiger partial charge on any atom is 0.255 e. The van der Waals surface area contributed by atoms with Crippen LogP contribution in [0.2, 0.25) is 0 Å². The van der Waals surface area contributed by atoms with Crippen molar-refractivity contribution in [2.45, 2.75) is 31.1 Å². The molecule has 0 saturated carbocycles. The van der Waals surface area contributed by atoms with E-state index in [9.17, 15) is 13.2 Å². The lowest BCUT2D eigenvalue weighted by Crippen LogP contribution is -2.36. The highest BCUT2D eigenvalue weighted by molar-refractivity contribution is 7.89. The summed E-state index contributed by atoms with van der Waals surface area (Å²) < 4.78 is 29.1. The molecule has 0 bridgehead atoms. The zero-order valence-electron chi connectivity index (χ0n) is 18.8. The maximum atomic E-state index is 13.3.